The van der Waals surface area contributed by atoms with Gasteiger partial charge in [-0.15, -0.1) is 11.3 Å². The van der Waals surface area contributed by atoms with E-state index in [2.05, 4.69) is 9.88 Å². The Morgan fingerprint density at radius 1 is 1.07 bits per heavy atom. The zero-order valence-electron chi connectivity index (χ0n) is 15.7. The predicted octanol–water partition coefficient (Wildman–Crippen LogP) is 3.81. The standard InChI is InChI=1S/C21H27N3O2S/c25-21(24-11-2-1-3-12-24)17-4-6-18(7-5-17)26-19-8-13-23(14-9-19)16-20-22-10-15-27-20/h4-7,10,15,19H,1-3,8-9,11-14,16H2. The highest BCUT2D eigenvalue weighted by Crippen LogP contribution is 2.22. The summed E-state index contributed by atoms with van der Waals surface area (Å²) in [4.78, 5) is 21.3. The van der Waals surface area contributed by atoms with E-state index < -0.39 is 0 Å². The summed E-state index contributed by atoms with van der Waals surface area (Å²) in [6.07, 6.45) is 7.65. The number of hydrogen-bond donors (Lipinski definition) is 0. The fourth-order valence-corrected chi connectivity index (χ4v) is 4.51. The van der Waals surface area contributed by atoms with Gasteiger partial charge < -0.3 is 9.64 Å². The maximum atomic E-state index is 12.5. The molecule has 2 aliphatic rings. The molecule has 0 N–H and O–H groups in total. The van der Waals surface area contributed by atoms with Crippen molar-refractivity contribution in [2.24, 2.45) is 0 Å². The lowest BCUT2D eigenvalue weighted by Gasteiger charge is -2.31. The van der Waals surface area contributed by atoms with E-state index in [0.29, 0.717) is 0 Å². The van der Waals surface area contributed by atoms with Crippen LogP contribution in [0.15, 0.2) is 35.8 Å². The molecular weight excluding hydrogens is 358 g/mol. The maximum absolute atomic E-state index is 12.5. The second-order valence-corrected chi connectivity index (χ2v) is 8.38. The van der Waals surface area contributed by atoms with E-state index >= 15 is 0 Å². The number of thiazole rings is 1. The van der Waals surface area contributed by atoms with E-state index in [-0.39, 0.29) is 12.0 Å². The molecule has 27 heavy (non-hydrogen) atoms. The number of hydrogen-bond acceptors (Lipinski definition) is 5. The summed E-state index contributed by atoms with van der Waals surface area (Å²) >= 11 is 1.72. The van der Waals surface area contributed by atoms with Crippen molar-refractivity contribution in [1.29, 1.82) is 0 Å². The number of aromatic nitrogens is 1. The third kappa shape index (κ3) is 4.87. The number of likely N-dealkylation sites (tertiary alicyclic amines) is 2. The highest BCUT2D eigenvalue weighted by atomic mass is 32.1. The Bertz CT molecular complexity index is 718. The van der Waals surface area contributed by atoms with Gasteiger partial charge in [0.05, 0.1) is 6.54 Å². The SMILES string of the molecule is O=C(c1ccc(OC2CCN(Cc3nccs3)CC2)cc1)N1CCCCC1. The molecule has 0 spiro atoms. The van der Waals surface area contributed by atoms with Gasteiger partial charge in [0.25, 0.3) is 5.91 Å². The topological polar surface area (TPSA) is 45.7 Å². The summed E-state index contributed by atoms with van der Waals surface area (Å²) in [6, 6.07) is 7.70. The molecule has 0 saturated carbocycles. The number of rotatable bonds is 5. The first-order chi connectivity index (χ1) is 13.3. The number of carbonyl (C=O) groups is 1. The van der Waals surface area contributed by atoms with E-state index in [9.17, 15) is 4.79 Å². The summed E-state index contributed by atoms with van der Waals surface area (Å²) in [7, 11) is 0. The molecule has 2 aromatic rings. The van der Waals surface area contributed by atoms with Crippen LogP contribution in [0.5, 0.6) is 5.75 Å². The lowest BCUT2D eigenvalue weighted by Crippen LogP contribution is -2.37. The summed E-state index contributed by atoms with van der Waals surface area (Å²) in [6.45, 7) is 4.79. The molecule has 1 aromatic carbocycles. The van der Waals surface area contributed by atoms with E-state index in [1.165, 1.54) is 11.4 Å². The summed E-state index contributed by atoms with van der Waals surface area (Å²) in [5.74, 6) is 1.01. The Morgan fingerprint density at radius 3 is 2.48 bits per heavy atom. The van der Waals surface area contributed by atoms with Gasteiger partial charge in [0.15, 0.2) is 0 Å². The molecule has 0 unspecified atom stereocenters. The van der Waals surface area contributed by atoms with E-state index in [1.807, 2.05) is 40.7 Å². The Morgan fingerprint density at radius 2 is 1.81 bits per heavy atom. The quantitative estimate of drug-likeness (QED) is 0.785. The van der Waals surface area contributed by atoms with Gasteiger partial charge >= 0.3 is 0 Å². The molecule has 2 saturated heterocycles. The zero-order valence-corrected chi connectivity index (χ0v) is 16.5. The molecule has 144 valence electrons. The third-order valence-corrected chi connectivity index (χ3v) is 6.19. The third-order valence-electron chi connectivity index (χ3n) is 5.42. The van der Waals surface area contributed by atoms with E-state index in [4.69, 9.17) is 4.74 Å². The summed E-state index contributed by atoms with van der Waals surface area (Å²) in [5.41, 5.74) is 0.766. The van der Waals surface area contributed by atoms with E-state index in [0.717, 1.165) is 69.7 Å². The molecule has 0 radical (unpaired) electrons. The molecule has 2 fully saturated rings. The van der Waals surface area contributed by atoms with Crippen molar-refractivity contribution >= 4 is 17.2 Å². The average Bonchev–Trinajstić information content (AvgIpc) is 3.23. The Hall–Kier alpha value is -1.92. The van der Waals surface area contributed by atoms with Crippen LogP contribution < -0.4 is 4.74 Å². The molecule has 3 heterocycles. The molecule has 0 bridgehead atoms. The molecular formula is C21H27N3O2S. The van der Waals surface area contributed by atoms with Gasteiger partial charge in [-0.25, -0.2) is 4.98 Å². The van der Waals surface area contributed by atoms with Gasteiger partial charge in [-0.3, -0.25) is 9.69 Å². The van der Waals surface area contributed by atoms with Crippen LogP contribution >= 0.6 is 11.3 Å². The van der Waals surface area contributed by atoms with Crippen molar-refractivity contribution in [1.82, 2.24) is 14.8 Å². The van der Waals surface area contributed by atoms with Crippen LogP contribution in [0.4, 0.5) is 0 Å². The van der Waals surface area contributed by atoms with Crippen molar-refractivity contribution in [2.75, 3.05) is 26.2 Å². The second kappa shape index (κ2) is 8.85. The fourth-order valence-electron chi connectivity index (χ4n) is 3.86. The lowest BCUT2D eigenvalue weighted by atomic mass is 10.1. The van der Waals surface area contributed by atoms with Crippen LogP contribution in [0.2, 0.25) is 0 Å². The maximum Gasteiger partial charge on any atom is 0.253 e. The number of carbonyl (C=O) groups excluding carboxylic acids is 1. The molecule has 6 heteroatoms. The Balaban J connectivity index is 1.26. The van der Waals surface area contributed by atoms with Crippen LogP contribution in [0.3, 0.4) is 0 Å². The highest BCUT2D eigenvalue weighted by Gasteiger charge is 2.22. The van der Waals surface area contributed by atoms with Crippen molar-refractivity contribution in [3.8, 4) is 5.75 Å². The monoisotopic (exact) mass is 385 g/mol. The lowest BCUT2D eigenvalue weighted by molar-refractivity contribution is 0.0724. The van der Waals surface area contributed by atoms with Crippen LogP contribution in [0, 0.1) is 0 Å². The molecule has 2 aliphatic heterocycles. The first-order valence-electron chi connectivity index (χ1n) is 9.95. The first kappa shape index (κ1) is 18.4. The van der Waals surface area contributed by atoms with Gasteiger partial charge in [0.2, 0.25) is 0 Å². The minimum absolute atomic E-state index is 0.150. The van der Waals surface area contributed by atoms with Crippen LogP contribution in [-0.2, 0) is 6.54 Å². The van der Waals surface area contributed by atoms with Crippen molar-refractivity contribution in [3.63, 3.8) is 0 Å². The zero-order chi connectivity index (χ0) is 18.5. The number of amides is 1. The minimum atomic E-state index is 0.150. The summed E-state index contributed by atoms with van der Waals surface area (Å²) < 4.78 is 6.15. The second-order valence-electron chi connectivity index (χ2n) is 7.40. The highest BCUT2D eigenvalue weighted by molar-refractivity contribution is 7.09. The summed E-state index contributed by atoms with van der Waals surface area (Å²) in [5, 5.41) is 3.22. The van der Waals surface area contributed by atoms with Gasteiger partial charge in [0, 0.05) is 43.3 Å². The normalized spacial score (nSPS) is 19.2. The first-order valence-corrected chi connectivity index (χ1v) is 10.8. The minimum Gasteiger partial charge on any atom is -0.490 e. The van der Waals surface area contributed by atoms with Crippen LogP contribution in [-0.4, -0.2) is 53.0 Å². The smallest absolute Gasteiger partial charge is 0.253 e. The number of benzene rings is 1. The van der Waals surface area contributed by atoms with Gasteiger partial charge in [-0.2, -0.15) is 0 Å². The number of nitrogens with zero attached hydrogens (tertiary/aromatic N) is 3. The molecule has 0 atom stereocenters. The van der Waals surface area contributed by atoms with Gasteiger partial charge in [0.1, 0.15) is 16.9 Å². The van der Waals surface area contributed by atoms with Crippen LogP contribution in [0.25, 0.3) is 0 Å². The van der Waals surface area contributed by atoms with Crippen LogP contribution in [0.1, 0.15) is 47.5 Å². The average molecular weight is 386 g/mol. The number of piperidine rings is 2. The van der Waals surface area contributed by atoms with Crippen molar-refractivity contribution in [2.45, 2.75) is 44.8 Å². The molecule has 0 aliphatic carbocycles. The largest absolute Gasteiger partial charge is 0.490 e. The fraction of sp³-hybridized carbons (Fsp3) is 0.524. The Kier molecular flexibility index (Phi) is 6.04. The van der Waals surface area contributed by atoms with Gasteiger partial charge in [-0.1, -0.05) is 0 Å². The van der Waals surface area contributed by atoms with Crippen molar-refractivity contribution < 1.29 is 9.53 Å². The molecule has 1 amide bonds. The molecule has 4 rings (SSSR count). The van der Waals surface area contributed by atoms with Gasteiger partial charge in [-0.05, 0) is 56.4 Å². The molecule has 5 nitrogen and oxygen atoms in total. The van der Waals surface area contributed by atoms with E-state index in [1.54, 1.807) is 11.3 Å². The molecule has 1 aromatic heterocycles. The Labute approximate surface area is 165 Å². The number of ether oxygens (including phenoxy) is 1. The van der Waals surface area contributed by atoms with Crippen molar-refractivity contribution in [3.05, 3.63) is 46.4 Å². The predicted molar refractivity (Wildman–Crippen MR) is 107 cm³/mol.